The van der Waals surface area contributed by atoms with Gasteiger partial charge in [0.25, 0.3) is 31.9 Å². The number of nitrogens with one attached hydrogen (secondary N) is 4. The molecule has 15 nitrogen and oxygen atoms in total. The van der Waals surface area contributed by atoms with Crippen molar-refractivity contribution in [1.82, 2.24) is 35.0 Å². The SMILES string of the molecule is CC1Nc2ccc(S(=O)(=O)NNC(=O)COc3cnccn3)nc2C(=O)N1NS(=O)(=O)c1ccc(Cl)cc1. The van der Waals surface area contributed by atoms with Gasteiger partial charge in [0.05, 0.1) is 16.8 Å². The van der Waals surface area contributed by atoms with E-state index >= 15 is 0 Å². The highest BCUT2D eigenvalue weighted by atomic mass is 35.5. The van der Waals surface area contributed by atoms with Crippen molar-refractivity contribution >= 4 is 49.1 Å². The number of amides is 2. The van der Waals surface area contributed by atoms with Crippen LogP contribution in [-0.2, 0) is 24.8 Å². The Labute approximate surface area is 221 Å². The summed E-state index contributed by atoms with van der Waals surface area (Å²) in [5, 5.41) is 3.33. The zero-order chi connectivity index (χ0) is 27.5. The van der Waals surface area contributed by atoms with Crippen LogP contribution in [0.15, 0.2) is 64.9 Å². The smallest absolute Gasteiger partial charge is 0.291 e. The van der Waals surface area contributed by atoms with Crippen molar-refractivity contribution in [3.63, 3.8) is 0 Å². The van der Waals surface area contributed by atoms with Gasteiger partial charge in [-0.15, -0.1) is 9.66 Å². The maximum atomic E-state index is 13.1. The molecule has 200 valence electrons. The molecular formula is C20H19ClN8O7S2. The average Bonchev–Trinajstić information content (AvgIpc) is 2.89. The first-order valence-corrected chi connectivity index (χ1v) is 13.9. The molecule has 0 aliphatic carbocycles. The molecule has 0 radical (unpaired) electrons. The monoisotopic (exact) mass is 582 g/mol. The van der Waals surface area contributed by atoms with Gasteiger partial charge in [0.15, 0.2) is 17.3 Å². The van der Waals surface area contributed by atoms with Gasteiger partial charge in [0.2, 0.25) is 5.88 Å². The standard InChI is InChI=1S/C20H19ClN8O7S2/c1-12-24-15-6-7-18(38(34,35)27-26-16(30)11-36-17-10-22-8-9-23-17)25-19(15)20(31)29(12)28-37(32,33)14-4-2-13(21)3-5-14/h2-10,12,24,27-28H,11H2,1H3,(H,26,30). The van der Waals surface area contributed by atoms with Crippen molar-refractivity contribution in [3.8, 4) is 5.88 Å². The lowest BCUT2D eigenvalue weighted by molar-refractivity contribution is -0.123. The van der Waals surface area contributed by atoms with Gasteiger partial charge < -0.3 is 10.1 Å². The molecule has 0 fully saturated rings. The molecule has 2 aromatic heterocycles. The van der Waals surface area contributed by atoms with E-state index in [9.17, 15) is 26.4 Å². The Morgan fingerprint density at radius 2 is 1.84 bits per heavy atom. The zero-order valence-electron chi connectivity index (χ0n) is 19.3. The van der Waals surface area contributed by atoms with Crippen LogP contribution in [-0.4, -0.2) is 61.4 Å². The third kappa shape index (κ3) is 6.14. The third-order valence-electron chi connectivity index (χ3n) is 4.88. The van der Waals surface area contributed by atoms with Crippen molar-refractivity contribution in [2.45, 2.75) is 23.0 Å². The largest absolute Gasteiger partial charge is 0.466 e. The summed E-state index contributed by atoms with van der Waals surface area (Å²) in [5.41, 5.74) is 1.75. The van der Waals surface area contributed by atoms with E-state index in [1.807, 2.05) is 10.3 Å². The number of carbonyl (C=O) groups is 2. The van der Waals surface area contributed by atoms with E-state index in [2.05, 4.69) is 25.1 Å². The van der Waals surface area contributed by atoms with Crippen LogP contribution < -0.4 is 25.1 Å². The minimum atomic E-state index is -4.43. The Balaban J connectivity index is 1.47. The minimum Gasteiger partial charge on any atom is -0.466 e. The Bertz CT molecular complexity index is 1570. The topological polar surface area (TPSA) is 202 Å². The van der Waals surface area contributed by atoms with Crippen LogP contribution in [0.1, 0.15) is 17.4 Å². The van der Waals surface area contributed by atoms with Crippen molar-refractivity contribution in [3.05, 3.63) is 65.7 Å². The maximum absolute atomic E-state index is 13.1. The molecule has 18 heteroatoms. The molecule has 1 unspecified atom stereocenters. The number of rotatable bonds is 9. The Kier molecular flexibility index (Phi) is 7.74. The van der Waals surface area contributed by atoms with Gasteiger partial charge in [0.1, 0.15) is 6.17 Å². The third-order valence-corrected chi connectivity index (χ3v) is 7.61. The molecule has 4 N–H and O–H groups in total. The first-order valence-electron chi connectivity index (χ1n) is 10.5. The van der Waals surface area contributed by atoms with E-state index < -0.39 is 49.7 Å². The molecule has 1 aliphatic heterocycles. The van der Waals surface area contributed by atoms with Gasteiger partial charge >= 0.3 is 0 Å². The summed E-state index contributed by atoms with van der Waals surface area (Å²) in [6.07, 6.45) is 3.16. The van der Waals surface area contributed by atoms with Crippen LogP contribution in [0, 0.1) is 0 Å². The minimum absolute atomic E-state index is 0.0540. The maximum Gasteiger partial charge on any atom is 0.291 e. The first-order chi connectivity index (χ1) is 18.0. The van der Waals surface area contributed by atoms with Gasteiger partial charge in [0, 0.05) is 17.4 Å². The molecule has 3 aromatic rings. The summed E-state index contributed by atoms with van der Waals surface area (Å²) < 4.78 is 56.0. The molecule has 1 aliphatic rings. The van der Waals surface area contributed by atoms with Gasteiger partial charge in [-0.25, -0.2) is 31.8 Å². The lowest BCUT2D eigenvalue weighted by Gasteiger charge is -2.34. The number of pyridine rings is 1. The van der Waals surface area contributed by atoms with Crippen molar-refractivity contribution in [1.29, 1.82) is 0 Å². The van der Waals surface area contributed by atoms with Gasteiger partial charge in [-0.1, -0.05) is 11.6 Å². The highest BCUT2D eigenvalue weighted by Gasteiger charge is 2.35. The number of hydrogen-bond donors (Lipinski definition) is 4. The predicted molar refractivity (Wildman–Crippen MR) is 131 cm³/mol. The summed E-state index contributed by atoms with van der Waals surface area (Å²) in [4.78, 5) is 40.4. The molecule has 0 bridgehead atoms. The fourth-order valence-electron chi connectivity index (χ4n) is 3.08. The van der Waals surface area contributed by atoms with E-state index in [-0.39, 0.29) is 22.2 Å². The summed E-state index contributed by atoms with van der Waals surface area (Å²) in [6.45, 7) is 0.942. The number of aromatic nitrogens is 3. The quantitative estimate of drug-likeness (QED) is 0.248. The molecule has 0 saturated heterocycles. The van der Waals surface area contributed by atoms with Crippen LogP contribution in [0.3, 0.4) is 0 Å². The molecular weight excluding hydrogens is 564 g/mol. The van der Waals surface area contributed by atoms with Crippen LogP contribution in [0.5, 0.6) is 5.88 Å². The van der Waals surface area contributed by atoms with E-state index in [0.717, 1.165) is 11.1 Å². The molecule has 3 heterocycles. The number of halogens is 1. The number of nitrogens with zero attached hydrogens (tertiary/aromatic N) is 4. The molecule has 0 saturated carbocycles. The molecule has 38 heavy (non-hydrogen) atoms. The highest BCUT2D eigenvalue weighted by Crippen LogP contribution is 2.25. The second-order valence-corrected chi connectivity index (χ2v) is 11.3. The van der Waals surface area contributed by atoms with E-state index in [1.165, 1.54) is 55.8 Å². The highest BCUT2D eigenvalue weighted by molar-refractivity contribution is 7.89. The van der Waals surface area contributed by atoms with Crippen LogP contribution >= 0.6 is 11.6 Å². The Hall–Kier alpha value is -3.90. The van der Waals surface area contributed by atoms with E-state index in [1.54, 1.807) is 0 Å². The Morgan fingerprint density at radius 3 is 2.53 bits per heavy atom. The molecule has 4 rings (SSSR count). The summed E-state index contributed by atoms with van der Waals surface area (Å²) in [7, 11) is -8.63. The van der Waals surface area contributed by atoms with E-state index in [4.69, 9.17) is 16.3 Å². The second kappa shape index (κ2) is 10.8. The predicted octanol–water partition coefficient (Wildman–Crippen LogP) is 0.0207. The second-order valence-electron chi connectivity index (χ2n) is 7.58. The van der Waals surface area contributed by atoms with Crippen molar-refractivity contribution in [2.24, 2.45) is 0 Å². The number of fused-ring (bicyclic) bond motifs is 1. The summed E-state index contributed by atoms with van der Waals surface area (Å²) in [5.74, 6) is -1.72. The van der Waals surface area contributed by atoms with Crippen molar-refractivity contribution in [2.75, 3.05) is 11.9 Å². The zero-order valence-corrected chi connectivity index (χ0v) is 21.7. The Morgan fingerprint density at radius 1 is 1.11 bits per heavy atom. The number of benzene rings is 1. The van der Waals surface area contributed by atoms with Crippen molar-refractivity contribution < 1.29 is 31.2 Å². The number of hydrogen-bond acceptors (Lipinski definition) is 11. The van der Waals surface area contributed by atoms with Crippen LogP contribution in [0.2, 0.25) is 5.02 Å². The molecule has 0 spiro atoms. The first kappa shape index (κ1) is 27.1. The lowest BCUT2D eigenvalue weighted by Crippen LogP contribution is -2.56. The number of carbonyl (C=O) groups excluding carboxylic acids is 2. The normalized spacial score (nSPS) is 15.4. The van der Waals surface area contributed by atoms with Gasteiger partial charge in [-0.3, -0.25) is 20.0 Å². The van der Waals surface area contributed by atoms with E-state index in [0.29, 0.717) is 5.02 Å². The number of ether oxygens (including phenoxy) is 1. The molecule has 1 aromatic carbocycles. The summed E-state index contributed by atoms with van der Waals surface area (Å²) in [6, 6.07) is 7.65. The average molecular weight is 583 g/mol. The fraction of sp³-hybridized carbons (Fsp3) is 0.150. The fourth-order valence-corrected chi connectivity index (χ4v) is 5.12. The molecule has 1 atom stereocenters. The number of anilines is 1. The van der Waals surface area contributed by atoms with Crippen LogP contribution in [0.25, 0.3) is 0 Å². The summed E-state index contributed by atoms with van der Waals surface area (Å²) >= 11 is 5.80. The van der Waals surface area contributed by atoms with Gasteiger partial charge in [-0.05, 0) is 43.3 Å². The molecule has 2 amide bonds. The lowest BCUT2D eigenvalue weighted by atomic mass is 10.2. The number of hydrazine groups is 2. The van der Waals surface area contributed by atoms with Crippen LogP contribution in [0.4, 0.5) is 5.69 Å². The number of sulfonamides is 2. The van der Waals surface area contributed by atoms with Gasteiger partial charge in [-0.2, -0.15) is 0 Å².